The van der Waals surface area contributed by atoms with Gasteiger partial charge in [0.25, 0.3) is 22.7 Å². The molecule has 0 radical (unpaired) electrons. The number of carbonyl (C=O) groups is 1. The first-order valence-corrected chi connectivity index (χ1v) is 11.3. The van der Waals surface area contributed by atoms with Crippen molar-refractivity contribution in [3.05, 3.63) is 82.4 Å². The summed E-state index contributed by atoms with van der Waals surface area (Å²) in [6.45, 7) is 3.42. The van der Waals surface area contributed by atoms with E-state index in [0.29, 0.717) is 19.3 Å². The topological polar surface area (TPSA) is 214 Å². The van der Waals surface area contributed by atoms with E-state index in [0.717, 1.165) is 12.1 Å². The van der Waals surface area contributed by atoms with Crippen molar-refractivity contribution < 1.29 is 24.5 Å². The minimum atomic E-state index is -1.05. The Balaban J connectivity index is 2.18. The molecule has 0 aromatic heterocycles. The quantitative estimate of drug-likeness (QED) is 0.204. The summed E-state index contributed by atoms with van der Waals surface area (Å²) in [5, 5.41) is 50.8. The zero-order chi connectivity index (χ0) is 27.7. The fraction of sp³-hybridized carbons (Fsp3) is 0.409. The van der Waals surface area contributed by atoms with Crippen molar-refractivity contribution in [3.8, 4) is 0 Å². The van der Waals surface area contributed by atoms with Crippen molar-refractivity contribution in [1.29, 1.82) is 0 Å². The molecule has 2 aromatic rings. The summed E-state index contributed by atoms with van der Waals surface area (Å²) < 4.78 is 0. The van der Waals surface area contributed by atoms with E-state index in [1.54, 1.807) is 13.8 Å². The van der Waals surface area contributed by atoms with E-state index in [-0.39, 0.29) is 35.8 Å². The second kappa shape index (κ2) is 12.9. The van der Waals surface area contributed by atoms with Gasteiger partial charge in [-0.1, -0.05) is 12.8 Å². The molecule has 0 heterocycles. The number of amides is 1. The van der Waals surface area contributed by atoms with Gasteiger partial charge in [-0.3, -0.25) is 45.3 Å². The van der Waals surface area contributed by atoms with Crippen LogP contribution in [0.1, 0.15) is 45.1 Å². The van der Waals surface area contributed by atoms with Crippen LogP contribution in [0, 0.1) is 40.5 Å². The van der Waals surface area contributed by atoms with E-state index in [1.165, 1.54) is 24.3 Å². The van der Waals surface area contributed by atoms with E-state index < -0.39 is 48.7 Å². The molecule has 1 atom stereocenters. The van der Waals surface area contributed by atoms with Crippen molar-refractivity contribution in [1.82, 2.24) is 5.32 Å². The van der Waals surface area contributed by atoms with Gasteiger partial charge in [0.1, 0.15) is 11.6 Å². The first-order valence-electron chi connectivity index (χ1n) is 11.3. The third kappa shape index (κ3) is 7.65. The molecule has 2 aromatic carbocycles. The normalized spacial score (nSPS) is 11.5. The van der Waals surface area contributed by atoms with Crippen LogP contribution in [0.25, 0.3) is 0 Å². The Labute approximate surface area is 210 Å². The van der Waals surface area contributed by atoms with Gasteiger partial charge in [-0.15, -0.1) is 0 Å². The zero-order valence-corrected chi connectivity index (χ0v) is 20.1. The van der Waals surface area contributed by atoms with Crippen molar-refractivity contribution >= 4 is 34.3 Å². The predicted octanol–water partition coefficient (Wildman–Crippen LogP) is 4.43. The zero-order valence-electron chi connectivity index (χ0n) is 20.1. The number of benzene rings is 2. The first kappa shape index (κ1) is 28.5. The summed E-state index contributed by atoms with van der Waals surface area (Å²) in [6, 6.07) is 5.66. The van der Waals surface area contributed by atoms with Crippen molar-refractivity contribution in [3.63, 3.8) is 0 Å². The average Bonchev–Trinajstić information content (AvgIpc) is 2.81. The number of carbonyl (C=O) groups excluding carboxylic acids is 1. The van der Waals surface area contributed by atoms with Gasteiger partial charge < -0.3 is 10.6 Å². The van der Waals surface area contributed by atoms with Crippen LogP contribution < -0.4 is 10.6 Å². The summed E-state index contributed by atoms with van der Waals surface area (Å²) in [4.78, 5) is 55.4. The summed E-state index contributed by atoms with van der Waals surface area (Å²) in [6.07, 6.45) is 1.28. The van der Waals surface area contributed by atoms with Gasteiger partial charge in [-0.05, 0) is 45.2 Å². The lowest BCUT2D eigenvalue weighted by molar-refractivity contribution is -0.395. The van der Waals surface area contributed by atoms with Crippen LogP contribution >= 0.6 is 0 Å². The highest BCUT2D eigenvalue weighted by molar-refractivity contribution is 5.87. The summed E-state index contributed by atoms with van der Waals surface area (Å²) in [7, 11) is 0. The van der Waals surface area contributed by atoms with Crippen molar-refractivity contribution in [2.45, 2.75) is 58.0 Å². The molecule has 37 heavy (non-hydrogen) atoms. The van der Waals surface area contributed by atoms with E-state index in [4.69, 9.17) is 0 Å². The van der Waals surface area contributed by atoms with E-state index in [2.05, 4.69) is 10.6 Å². The number of hydrogen-bond acceptors (Lipinski definition) is 10. The smallest absolute Gasteiger partial charge is 0.299 e. The van der Waals surface area contributed by atoms with Crippen molar-refractivity contribution in [2.24, 2.45) is 0 Å². The molecule has 0 spiro atoms. The van der Waals surface area contributed by atoms with Crippen LogP contribution in [0.4, 0.5) is 28.4 Å². The maximum absolute atomic E-state index is 12.8. The number of para-hydroxylation sites is 1. The number of nitrogens with zero attached hydrogens (tertiary/aromatic N) is 4. The molecular formula is C22H26N6O9. The van der Waals surface area contributed by atoms with Crippen LogP contribution in [0.5, 0.6) is 0 Å². The largest absolute Gasteiger partial charge is 0.362 e. The Morgan fingerprint density at radius 1 is 0.757 bits per heavy atom. The minimum absolute atomic E-state index is 0.000242. The van der Waals surface area contributed by atoms with Crippen LogP contribution in [0.15, 0.2) is 36.4 Å². The fourth-order valence-corrected chi connectivity index (χ4v) is 3.80. The number of unbranched alkanes of at least 4 members (excludes halogenated alkanes) is 2. The Hall–Kier alpha value is -4.69. The predicted molar refractivity (Wildman–Crippen MR) is 132 cm³/mol. The molecular weight excluding hydrogens is 492 g/mol. The molecule has 0 bridgehead atoms. The number of nitro groups is 4. The summed E-state index contributed by atoms with van der Waals surface area (Å²) >= 11 is 0. The fourth-order valence-electron chi connectivity index (χ4n) is 3.80. The van der Waals surface area contributed by atoms with E-state index in [9.17, 15) is 45.3 Å². The van der Waals surface area contributed by atoms with Crippen LogP contribution in [0.2, 0.25) is 0 Å². The highest BCUT2D eigenvalue weighted by Gasteiger charge is 2.29. The number of rotatable bonds is 14. The van der Waals surface area contributed by atoms with Gasteiger partial charge in [0.05, 0.1) is 19.7 Å². The second-order valence-electron chi connectivity index (χ2n) is 8.43. The molecule has 0 aliphatic rings. The number of hydrogen-bond donors (Lipinski definition) is 2. The Kier molecular flexibility index (Phi) is 9.92. The highest BCUT2D eigenvalue weighted by atomic mass is 16.6. The molecule has 15 nitrogen and oxygen atoms in total. The molecule has 198 valence electrons. The van der Waals surface area contributed by atoms with Gasteiger partial charge in [-0.25, -0.2) is 0 Å². The second-order valence-corrected chi connectivity index (χ2v) is 8.43. The summed E-state index contributed by atoms with van der Waals surface area (Å²) in [5.74, 6) is -0.517. The SMILES string of the molecule is CC(C)NC(=O)[C@H](CCCCCc1c([N+](=O)[O-])cccc1[N+](=O)[O-])Nc1c([N+](=O)[O-])cccc1[N+](=O)[O-]. The van der Waals surface area contributed by atoms with E-state index in [1.807, 2.05) is 0 Å². The van der Waals surface area contributed by atoms with Gasteiger partial charge in [0.2, 0.25) is 5.91 Å². The van der Waals surface area contributed by atoms with Crippen LogP contribution in [-0.2, 0) is 11.2 Å². The molecule has 0 unspecified atom stereocenters. The maximum atomic E-state index is 12.8. The Bertz CT molecular complexity index is 1140. The third-order valence-electron chi connectivity index (χ3n) is 5.42. The first-order chi connectivity index (χ1) is 17.4. The van der Waals surface area contributed by atoms with Gasteiger partial charge in [0, 0.05) is 30.3 Å². The Morgan fingerprint density at radius 3 is 1.65 bits per heavy atom. The lowest BCUT2D eigenvalue weighted by Crippen LogP contribution is -2.42. The monoisotopic (exact) mass is 518 g/mol. The molecule has 0 aliphatic carbocycles. The standard InChI is InChI=1S/C22H26N6O9/c1-14(2)23-22(29)16(24-21-19(27(34)35)12-7-13-20(21)28(36)37)9-5-3-4-8-15-17(25(30)31)10-6-11-18(15)26(32)33/h6-7,10-14,16,24H,3-5,8-9H2,1-2H3,(H,23,29)/t16-/m0/s1. The van der Waals surface area contributed by atoms with Gasteiger partial charge in [0.15, 0.2) is 5.69 Å². The molecule has 15 heteroatoms. The molecule has 0 fully saturated rings. The Morgan fingerprint density at radius 2 is 1.22 bits per heavy atom. The minimum Gasteiger partial charge on any atom is -0.362 e. The third-order valence-corrected chi connectivity index (χ3v) is 5.42. The lowest BCUT2D eigenvalue weighted by atomic mass is 10.0. The maximum Gasteiger partial charge on any atom is 0.299 e. The molecule has 0 saturated heterocycles. The number of nitrogens with one attached hydrogen (secondary N) is 2. The molecule has 1 amide bonds. The molecule has 0 saturated carbocycles. The van der Waals surface area contributed by atoms with Gasteiger partial charge >= 0.3 is 0 Å². The molecule has 2 rings (SSSR count). The molecule has 2 N–H and O–H groups in total. The lowest BCUT2D eigenvalue weighted by Gasteiger charge is -2.21. The average molecular weight is 518 g/mol. The van der Waals surface area contributed by atoms with Crippen molar-refractivity contribution in [2.75, 3.05) is 5.32 Å². The summed E-state index contributed by atoms with van der Waals surface area (Å²) in [5.41, 5.74) is -2.21. The molecule has 0 aliphatic heterocycles. The van der Waals surface area contributed by atoms with Crippen LogP contribution in [-0.4, -0.2) is 37.7 Å². The number of anilines is 1. The van der Waals surface area contributed by atoms with E-state index >= 15 is 0 Å². The highest BCUT2D eigenvalue weighted by Crippen LogP contribution is 2.35. The number of nitro benzene ring substituents is 4. The van der Waals surface area contributed by atoms with Gasteiger partial charge in [-0.2, -0.15) is 0 Å². The van der Waals surface area contributed by atoms with Crippen LogP contribution in [0.3, 0.4) is 0 Å².